The molecule has 0 unspecified atom stereocenters. The lowest BCUT2D eigenvalue weighted by atomic mass is 9.97. The second kappa shape index (κ2) is 15.4. The Bertz CT molecular complexity index is 812. The maximum atomic E-state index is 4.34. The molecule has 0 saturated carbocycles. The van der Waals surface area contributed by atoms with E-state index < -0.39 is 0 Å². The summed E-state index contributed by atoms with van der Waals surface area (Å²) in [5, 5.41) is 0. The molecule has 6 heteroatoms. The molecule has 0 saturated heterocycles. The summed E-state index contributed by atoms with van der Waals surface area (Å²) in [6, 6.07) is 0. The lowest BCUT2D eigenvalue weighted by Crippen LogP contribution is -2.03. The monoisotopic (exact) mass is 492 g/mol. The van der Waals surface area contributed by atoms with Crippen molar-refractivity contribution in [3.05, 3.63) is 71.3 Å². The lowest BCUT2D eigenvalue weighted by Gasteiger charge is -2.12. The molecule has 0 aliphatic carbocycles. The molecule has 3 aromatic heterocycles. The molecule has 0 N–H and O–H groups in total. The molecule has 0 radical (unpaired) electrons. The topological polar surface area (TPSA) is 77.3 Å². The molecule has 0 aliphatic rings. The van der Waals surface area contributed by atoms with Gasteiger partial charge in [0.1, 0.15) is 12.7 Å². The van der Waals surface area contributed by atoms with E-state index in [0.717, 1.165) is 11.4 Å². The van der Waals surface area contributed by atoms with Crippen LogP contribution in [0.3, 0.4) is 0 Å². The third kappa shape index (κ3) is 9.71. The maximum Gasteiger partial charge on any atom is 0.115 e. The second-order valence-corrected chi connectivity index (χ2v) is 11.0. The smallest absolute Gasteiger partial charge is 0.115 e. The first-order valence-electron chi connectivity index (χ1n) is 13.3. The van der Waals surface area contributed by atoms with Crippen LogP contribution in [0.4, 0.5) is 0 Å². The van der Waals surface area contributed by atoms with Crippen molar-refractivity contribution in [3.8, 4) is 0 Å². The Labute approximate surface area is 219 Å². The second-order valence-electron chi connectivity index (χ2n) is 11.0. The van der Waals surface area contributed by atoms with E-state index >= 15 is 0 Å². The summed E-state index contributed by atoms with van der Waals surface area (Å²) in [4.78, 5) is 25.3. The van der Waals surface area contributed by atoms with Gasteiger partial charge in [0.2, 0.25) is 0 Å². The third-order valence-electron chi connectivity index (χ3n) is 5.73. The van der Waals surface area contributed by atoms with Crippen LogP contribution in [-0.2, 0) is 0 Å². The van der Waals surface area contributed by atoms with Gasteiger partial charge >= 0.3 is 0 Å². The van der Waals surface area contributed by atoms with Gasteiger partial charge < -0.3 is 0 Å². The molecule has 36 heavy (non-hydrogen) atoms. The number of rotatable bonds is 6. The summed E-state index contributed by atoms with van der Waals surface area (Å²) in [6.07, 6.45) is 10.6. The Morgan fingerprint density at radius 3 is 0.917 bits per heavy atom. The molecule has 0 bridgehead atoms. The Balaban J connectivity index is 0.000000270. The number of nitrogens with zero attached hydrogens (tertiary/aromatic N) is 6. The zero-order valence-electron chi connectivity index (χ0n) is 24.6. The molecule has 0 spiro atoms. The van der Waals surface area contributed by atoms with Crippen molar-refractivity contribution >= 4 is 0 Å². The van der Waals surface area contributed by atoms with Gasteiger partial charge in [0, 0.05) is 36.2 Å². The van der Waals surface area contributed by atoms with Crippen LogP contribution in [0.25, 0.3) is 0 Å². The van der Waals surface area contributed by atoms with Gasteiger partial charge in [0.05, 0.1) is 11.4 Å². The molecule has 3 aromatic rings. The van der Waals surface area contributed by atoms with Crippen LogP contribution < -0.4 is 0 Å². The van der Waals surface area contributed by atoms with Gasteiger partial charge in [-0.3, -0.25) is 9.97 Å². The largest absolute Gasteiger partial charge is 0.258 e. The highest BCUT2D eigenvalue weighted by molar-refractivity contribution is 5.23. The molecule has 3 rings (SSSR count). The van der Waals surface area contributed by atoms with E-state index in [1.807, 2.05) is 12.4 Å². The van der Waals surface area contributed by atoms with E-state index in [-0.39, 0.29) is 0 Å². The van der Waals surface area contributed by atoms with Gasteiger partial charge in [-0.05, 0) is 46.6 Å². The quantitative estimate of drug-likeness (QED) is 0.345. The molecule has 198 valence electrons. The molecule has 0 aromatic carbocycles. The van der Waals surface area contributed by atoms with E-state index in [4.69, 9.17) is 0 Å². The fourth-order valence-electron chi connectivity index (χ4n) is 3.80. The molecule has 0 fully saturated rings. The average molecular weight is 493 g/mol. The molecule has 6 nitrogen and oxygen atoms in total. The zero-order valence-corrected chi connectivity index (χ0v) is 24.6. The fraction of sp³-hybridized carbons (Fsp3) is 0.600. The summed E-state index contributed by atoms with van der Waals surface area (Å²) >= 11 is 0. The first-order valence-corrected chi connectivity index (χ1v) is 13.3. The van der Waals surface area contributed by atoms with Crippen molar-refractivity contribution in [3.63, 3.8) is 0 Å². The van der Waals surface area contributed by atoms with Crippen LogP contribution in [0.15, 0.2) is 37.4 Å². The highest BCUT2D eigenvalue weighted by atomic mass is 14.8. The third-order valence-corrected chi connectivity index (χ3v) is 5.73. The van der Waals surface area contributed by atoms with Crippen molar-refractivity contribution in [2.45, 2.75) is 119 Å². The first kappa shape index (κ1) is 31.3. The molecular formula is C30H48N6. The Morgan fingerprint density at radius 1 is 0.389 bits per heavy atom. The van der Waals surface area contributed by atoms with Gasteiger partial charge in [-0.2, -0.15) is 0 Å². The Hall–Kier alpha value is -2.76. The first-order chi connectivity index (χ1) is 16.9. The van der Waals surface area contributed by atoms with Crippen LogP contribution in [0.2, 0.25) is 0 Å². The summed E-state index contributed by atoms with van der Waals surface area (Å²) in [5.41, 5.74) is 7.17. The maximum absolute atomic E-state index is 4.34. The molecule has 0 atom stereocenters. The van der Waals surface area contributed by atoms with E-state index in [2.05, 4.69) is 113 Å². The van der Waals surface area contributed by atoms with E-state index in [1.165, 1.54) is 22.5 Å². The van der Waals surface area contributed by atoms with Gasteiger partial charge in [0.15, 0.2) is 0 Å². The summed E-state index contributed by atoms with van der Waals surface area (Å²) in [6.45, 7) is 25.9. The minimum absolute atomic E-state index is 0.469. The van der Waals surface area contributed by atoms with Gasteiger partial charge in [0.25, 0.3) is 0 Å². The minimum atomic E-state index is 0.469. The number of aromatic nitrogens is 6. The van der Waals surface area contributed by atoms with Gasteiger partial charge in [-0.15, -0.1) is 0 Å². The van der Waals surface area contributed by atoms with Crippen molar-refractivity contribution < 1.29 is 0 Å². The predicted molar refractivity (Wildman–Crippen MR) is 151 cm³/mol. The highest BCUT2D eigenvalue weighted by Crippen LogP contribution is 2.23. The van der Waals surface area contributed by atoms with E-state index in [9.17, 15) is 0 Å². The molecule has 3 heterocycles. The summed E-state index contributed by atoms with van der Waals surface area (Å²) in [5.74, 6) is 2.95. The average Bonchev–Trinajstić information content (AvgIpc) is 2.84. The van der Waals surface area contributed by atoms with Gasteiger partial charge in [-0.1, -0.05) is 83.1 Å². The predicted octanol–water partition coefficient (Wildman–Crippen LogP) is 8.17. The van der Waals surface area contributed by atoms with Crippen molar-refractivity contribution in [1.82, 2.24) is 29.9 Å². The van der Waals surface area contributed by atoms with Crippen LogP contribution in [-0.4, -0.2) is 29.9 Å². The number of hydrogen-bond acceptors (Lipinski definition) is 6. The number of hydrogen-bond donors (Lipinski definition) is 0. The SMILES string of the molecule is CC(C)c1cncnc1C(C)C.CC(C)c1cncnc1C(C)C.CC(C)c1nccnc1C(C)C. The van der Waals surface area contributed by atoms with Crippen LogP contribution in [0, 0.1) is 0 Å². The van der Waals surface area contributed by atoms with Crippen LogP contribution in [0.5, 0.6) is 0 Å². The Morgan fingerprint density at radius 2 is 0.694 bits per heavy atom. The summed E-state index contributed by atoms with van der Waals surface area (Å²) < 4.78 is 0. The summed E-state index contributed by atoms with van der Waals surface area (Å²) in [7, 11) is 0. The van der Waals surface area contributed by atoms with Crippen molar-refractivity contribution in [2.24, 2.45) is 0 Å². The van der Waals surface area contributed by atoms with Gasteiger partial charge in [-0.25, -0.2) is 19.9 Å². The van der Waals surface area contributed by atoms with Crippen LogP contribution >= 0.6 is 0 Å². The standard InChI is InChI=1S/3C10H16N2/c2*1-7(2)9-5-11-6-12-10(9)8(3)4;1-7(2)9-10(8(3)4)12-6-5-11-9/h3*5-8H,1-4H3. The van der Waals surface area contributed by atoms with Crippen LogP contribution in [0.1, 0.15) is 152 Å². The fourth-order valence-corrected chi connectivity index (χ4v) is 3.80. The van der Waals surface area contributed by atoms with E-state index in [0.29, 0.717) is 35.5 Å². The molecule has 0 aliphatic heterocycles. The van der Waals surface area contributed by atoms with E-state index in [1.54, 1.807) is 25.0 Å². The zero-order chi connectivity index (χ0) is 27.4. The normalized spacial score (nSPS) is 11.2. The molecule has 0 amide bonds. The lowest BCUT2D eigenvalue weighted by molar-refractivity contribution is 0.726. The molecular weight excluding hydrogens is 444 g/mol. The highest BCUT2D eigenvalue weighted by Gasteiger charge is 2.12. The Kier molecular flexibility index (Phi) is 13.4. The van der Waals surface area contributed by atoms with Crippen molar-refractivity contribution in [1.29, 1.82) is 0 Å². The minimum Gasteiger partial charge on any atom is -0.258 e. The van der Waals surface area contributed by atoms with Crippen molar-refractivity contribution in [2.75, 3.05) is 0 Å².